The van der Waals surface area contributed by atoms with Gasteiger partial charge < -0.3 is 9.47 Å². The van der Waals surface area contributed by atoms with Gasteiger partial charge in [-0.05, 0) is 169 Å². The smallest absolute Gasteiger partial charge is 0.411 e. The van der Waals surface area contributed by atoms with Gasteiger partial charge in [-0.1, -0.05) is 99.5 Å². The average Bonchev–Trinajstić information content (AvgIpc) is 3.74. The standard InChI is InChI=1S/C29H32FNO4S.C29H32FNO3S/c1-17(2)25-15-26(19(4)13-27(25)30)24-11-10-18(3)12-22(24)16-31-20(5)28(35-29(31)32)21-8-7-9-23(14-21)36(6,33)34;1-17(2)25-15-26(19(4)13-27(25)30)24-11-10-18(3)12-22(24)16-31-20(5)28(34-29(31)32)21-8-7-9-23(14-21)35(6)33/h7-15,17,20,28H,16H2,1-6H3;7-15,17,20,28H,16H2,1-6H3/t20-,28-;20-,28-,35?/m00/s1. The number of cyclic esters (lactones) is 2. The number of rotatable bonds is 12. The predicted molar refractivity (Wildman–Crippen MR) is 278 cm³/mol. The van der Waals surface area contributed by atoms with Crippen LogP contribution in [0.15, 0.2) is 119 Å². The molecule has 2 aliphatic heterocycles. The van der Waals surface area contributed by atoms with Crippen molar-refractivity contribution in [3.05, 3.63) is 176 Å². The maximum absolute atomic E-state index is 14.6. The maximum atomic E-state index is 14.6. The number of carbonyl (C=O) groups is 2. The Balaban J connectivity index is 0.000000209. The van der Waals surface area contributed by atoms with Crippen LogP contribution in [0.3, 0.4) is 0 Å². The molecule has 8 rings (SSSR count). The minimum Gasteiger partial charge on any atom is -0.439 e. The van der Waals surface area contributed by atoms with E-state index in [2.05, 4.69) is 12.1 Å². The minimum absolute atomic E-state index is 0.0373. The highest BCUT2D eigenvalue weighted by Gasteiger charge is 2.41. The Morgan fingerprint density at radius 3 is 1.42 bits per heavy atom. The molecule has 2 heterocycles. The molecule has 6 aromatic carbocycles. The fourth-order valence-corrected chi connectivity index (χ4v) is 10.8. The van der Waals surface area contributed by atoms with E-state index in [4.69, 9.17) is 9.47 Å². The molecule has 0 radical (unpaired) electrons. The first-order chi connectivity index (χ1) is 33.4. The second kappa shape index (κ2) is 21.3. The van der Waals surface area contributed by atoms with Gasteiger partial charge in [-0.25, -0.2) is 26.8 Å². The number of benzene rings is 6. The lowest BCUT2D eigenvalue weighted by Gasteiger charge is -2.23. The van der Waals surface area contributed by atoms with Crippen LogP contribution in [0.1, 0.15) is 121 Å². The van der Waals surface area contributed by atoms with E-state index in [0.29, 0.717) is 34.7 Å². The number of aryl methyl sites for hydroxylation is 4. The van der Waals surface area contributed by atoms with Crippen LogP contribution in [-0.4, -0.2) is 59.2 Å². The first kappa shape index (κ1) is 52.6. The van der Waals surface area contributed by atoms with Gasteiger partial charge in [-0.3, -0.25) is 14.0 Å². The lowest BCUT2D eigenvalue weighted by Crippen LogP contribution is -2.31. The Bertz CT molecular complexity index is 3150. The van der Waals surface area contributed by atoms with Gasteiger partial charge in [-0.2, -0.15) is 0 Å². The quantitative estimate of drug-likeness (QED) is 0.120. The Morgan fingerprint density at radius 2 is 1.01 bits per heavy atom. The van der Waals surface area contributed by atoms with Gasteiger partial charge in [-0.15, -0.1) is 0 Å². The van der Waals surface area contributed by atoms with Gasteiger partial charge in [0.1, 0.15) is 23.8 Å². The summed E-state index contributed by atoms with van der Waals surface area (Å²) in [5.41, 5.74) is 12.4. The molecule has 2 fully saturated rings. The summed E-state index contributed by atoms with van der Waals surface area (Å²) in [5, 5.41) is 0. The van der Waals surface area contributed by atoms with Crippen molar-refractivity contribution < 1.29 is 40.5 Å². The molecule has 0 N–H and O–H groups in total. The van der Waals surface area contributed by atoms with E-state index in [1.165, 1.54) is 6.07 Å². The Kier molecular flexibility index (Phi) is 15.8. The summed E-state index contributed by atoms with van der Waals surface area (Å²) in [5.74, 6) is -0.304. The van der Waals surface area contributed by atoms with Crippen molar-refractivity contribution in [2.75, 3.05) is 12.5 Å². The molecule has 2 saturated heterocycles. The molecule has 0 aromatic heterocycles. The highest BCUT2D eigenvalue weighted by molar-refractivity contribution is 7.90. The number of ether oxygens (including phenoxy) is 2. The molecule has 5 atom stereocenters. The fourth-order valence-electron chi connectivity index (χ4n) is 9.55. The zero-order chi connectivity index (χ0) is 51.8. The highest BCUT2D eigenvalue weighted by atomic mass is 32.2. The lowest BCUT2D eigenvalue weighted by molar-refractivity contribution is 0.129. The van der Waals surface area contributed by atoms with Crippen LogP contribution in [0.2, 0.25) is 0 Å². The number of halogens is 2. The summed E-state index contributed by atoms with van der Waals surface area (Å²) in [6, 6.07) is 32.7. The van der Waals surface area contributed by atoms with Crippen molar-refractivity contribution in [2.45, 2.75) is 128 Å². The zero-order valence-electron chi connectivity index (χ0n) is 42.6. The molecular weight excluding hydrogens is 939 g/mol. The highest BCUT2D eigenvalue weighted by Crippen LogP contribution is 2.40. The van der Waals surface area contributed by atoms with E-state index in [0.717, 1.165) is 67.5 Å². The summed E-state index contributed by atoms with van der Waals surface area (Å²) in [7, 11) is -4.50. The molecule has 6 aromatic rings. The Hall–Kier alpha value is -6.18. The lowest BCUT2D eigenvalue weighted by atomic mass is 9.90. The molecule has 9 nitrogen and oxygen atoms in total. The number of amides is 2. The SMILES string of the molecule is Cc1ccc(-c2cc(C(C)C)c(F)cc2C)c(CN2C(=O)O[C@H](c3cccc(S(C)(=O)=O)c3)[C@@H]2C)c1.Cc1ccc(-c2cc(C(C)C)c(F)cc2C)c(CN2C(=O)O[C@H](c3cccc(S(C)=O)c3)[C@@H]2C)c1. The molecule has 0 saturated carbocycles. The van der Waals surface area contributed by atoms with E-state index >= 15 is 0 Å². The maximum Gasteiger partial charge on any atom is 0.411 e. The number of hydrogen-bond donors (Lipinski definition) is 0. The van der Waals surface area contributed by atoms with Gasteiger partial charge in [0, 0.05) is 28.2 Å². The van der Waals surface area contributed by atoms with Crippen molar-refractivity contribution in [3.63, 3.8) is 0 Å². The molecule has 71 heavy (non-hydrogen) atoms. The molecule has 0 bridgehead atoms. The van der Waals surface area contributed by atoms with Gasteiger partial charge in [0.15, 0.2) is 9.84 Å². The fraction of sp³-hybridized carbons (Fsp3) is 0.345. The van der Waals surface area contributed by atoms with E-state index < -0.39 is 38.9 Å². The molecule has 374 valence electrons. The van der Waals surface area contributed by atoms with Crippen LogP contribution in [-0.2, 0) is 43.2 Å². The molecule has 2 aliphatic rings. The summed E-state index contributed by atoms with van der Waals surface area (Å²) >= 11 is 0. The van der Waals surface area contributed by atoms with Crippen molar-refractivity contribution in [1.82, 2.24) is 9.80 Å². The summed E-state index contributed by atoms with van der Waals surface area (Å²) in [4.78, 5) is 30.3. The first-order valence-electron chi connectivity index (χ1n) is 23.9. The molecular formula is C58H64F2N2O7S2. The largest absolute Gasteiger partial charge is 0.439 e. The summed E-state index contributed by atoms with van der Waals surface area (Å²) in [6.45, 7) is 20.3. The van der Waals surface area contributed by atoms with E-state index in [1.54, 1.807) is 46.4 Å². The van der Waals surface area contributed by atoms with E-state index in [9.17, 15) is 31.0 Å². The van der Waals surface area contributed by atoms with Crippen LogP contribution < -0.4 is 0 Å². The monoisotopic (exact) mass is 1000 g/mol. The van der Waals surface area contributed by atoms with Crippen LogP contribution in [0.5, 0.6) is 0 Å². The predicted octanol–water partition coefficient (Wildman–Crippen LogP) is 13.8. The van der Waals surface area contributed by atoms with Gasteiger partial charge >= 0.3 is 12.2 Å². The summed E-state index contributed by atoms with van der Waals surface area (Å²) in [6.07, 6.45) is 0.924. The number of sulfone groups is 1. The number of carbonyl (C=O) groups excluding carboxylic acids is 2. The number of nitrogens with zero attached hydrogens (tertiary/aromatic N) is 2. The second-order valence-electron chi connectivity index (χ2n) is 19.7. The third kappa shape index (κ3) is 11.5. The van der Waals surface area contributed by atoms with Crippen molar-refractivity contribution in [2.24, 2.45) is 0 Å². The average molecular weight is 1000 g/mol. The Labute approximate surface area is 420 Å². The number of hydrogen-bond acceptors (Lipinski definition) is 7. The van der Waals surface area contributed by atoms with Crippen LogP contribution in [0.4, 0.5) is 18.4 Å². The van der Waals surface area contributed by atoms with Crippen LogP contribution >= 0.6 is 0 Å². The normalized spacial score (nSPS) is 18.4. The second-order valence-corrected chi connectivity index (χ2v) is 23.1. The Morgan fingerprint density at radius 1 is 0.592 bits per heavy atom. The van der Waals surface area contributed by atoms with E-state index in [-0.39, 0.29) is 46.5 Å². The zero-order valence-corrected chi connectivity index (χ0v) is 44.2. The first-order valence-corrected chi connectivity index (χ1v) is 27.4. The van der Waals surface area contributed by atoms with Crippen molar-refractivity contribution >= 4 is 32.8 Å². The topological polar surface area (TPSA) is 110 Å². The van der Waals surface area contributed by atoms with Crippen molar-refractivity contribution in [1.29, 1.82) is 0 Å². The van der Waals surface area contributed by atoms with Crippen LogP contribution in [0, 0.1) is 39.3 Å². The van der Waals surface area contributed by atoms with Crippen molar-refractivity contribution in [3.8, 4) is 22.3 Å². The van der Waals surface area contributed by atoms with Gasteiger partial charge in [0.05, 0.1) is 30.1 Å². The molecule has 0 aliphatic carbocycles. The molecule has 13 heteroatoms. The molecule has 0 spiro atoms. The van der Waals surface area contributed by atoms with Gasteiger partial charge in [0.25, 0.3) is 0 Å². The third-order valence-electron chi connectivity index (χ3n) is 13.6. The van der Waals surface area contributed by atoms with Crippen LogP contribution in [0.25, 0.3) is 22.3 Å². The molecule has 2 amide bonds. The van der Waals surface area contributed by atoms with E-state index in [1.807, 2.05) is 130 Å². The third-order valence-corrected chi connectivity index (χ3v) is 15.7. The summed E-state index contributed by atoms with van der Waals surface area (Å²) < 4.78 is 76.7. The van der Waals surface area contributed by atoms with Gasteiger partial charge in [0.2, 0.25) is 0 Å². The molecule has 1 unspecified atom stereocenters. The minimum atomic E-state index is -3.39.